The second-order valence-electron chi connectivity index (χ2n) is 5.49. The zero-order valence-corrected chi connectivity index (χ0v) is 12.4. The van der Waals surface area contributed by atoms with E-state index < -0.39 is 0 Å². The van der Waals surface area contributed by atoms with Crippen molar-refractivity contribution in [2.75, 3.05) is 6.54 Å². The van der Waals surface area contributed by atoms with E-state index in [-0.39, 0.29) is 5.91 Å². The van der Waals surface area contributed by atoms with Gasteiger partial charge < -0.3 is 9.88 Å². The van der Waals surface area contributed by atoms with Gasteiger partial charge in [-0.05, 0) is 30.2 Å². The lowest BCUT2D eigenvalue weighted by Crippen LogP contribution is -2.29. The largest absolute Gasteiger partial charge is 0.352 e. The molecule has 1 atom stereocenters. The predicted molar refractivity (Wildman–Crippen MR) is 85.5 cm³/mol. The van der Waals surface area contributed by atoms with Gasteiger partial charge in [-0.25, -0.2) is 4.98 Å². The van der Waals surface area contributed by atoms with E-state index >= 15 is 0 Å². The summed E-state index contributed by atoms with van der Waals surface area (Å²) in [5, 5.41) is 3.96. The molecule has 1 unspecified atom stereocenters. The van der Waals surface area contributed by atoms with Crippen LogP contribution in [0, 0.1) is 5.92 Å². The molecular weight excluding hydrogens is 276 g/mol. The first-order chi connectivity index (χ1) is 10.7. The number of rotatable bonds is 5. The number of aromatic nitrogens is 3. The highest BCUT2D eigenvalue weighted by Crippen LogP contribution is 2.13. The number of fused-ring (bicyclic) bond motifs is 1. The Morgan fingerprint density at radius 3 is 3.05 bits per heavy atom. The number of carbonyl (C=O) groups excluding carboxylic acids is 1. The summed E-state index contributed by atoms with van der Waals surface area (Å²) >= 11 is 0. The molecular formula is C17H18N4O. The Bertz CT molecular complexity index is 767. The minimum Gasteiger partial charge on any atom is -0.352 e. The molecule has 0 aliphatic carbocycles. The van der Waals surface area contributed by atoms with Gasteiger partial charge in [-0.15, -0.1) is 0 Å². The van der Waals surface area contributed by atoms with Crippen molar-refractivity contribution in [3.05, 3.63) is 60.8 Å². The Kier molecular flexibility index (Phi) is 4.14. The minimum absolute atomic E-state index is 0.0526. The Morgan fingerprint density at radius 1 is 1.32 bits per heavy atom. The van der Waals surface area contributed by atoms with Crippen LogP contribution in [0.25, 0.3) is 10.9 Å². The number of carbonyl (C=O) groups is 1. The lowest BCUT2D eigenvalue weighted by molar-refractivity contribution is 0.0947. The van der Waals surface area contributed by atoms with Gasteiger partial charge >= 0.3 is 0 Å². The Hall–Kier alpha value is -2.69. The molecule has 0 aliphatic heterocycles. The SMILES string of the molecule is CC(CNC(=O)c1ccc2ncccc2c1)Cn1ccnc1. The molecule has 1 aromatic carbocycles. The van der Waals surface area contributed by atoms with Crippen LogP contribution in [0.15, 0.2) is 55.2 Å². The Morgan fingerprint density at radius 2 is 2.23 bits per heavy atom. The zero-order chi connectivity index (χ0) is 15.4. The third-order valence-corrected chi connectivity index (χ3v) is 3.56. The summed E-state index contributed by atoms with van der Waals surface area (Å²) in [7, 11) is 0. The summed E-state index contributed by atoms with van der Waals surface area (Å²) in [4.78, 5) is 20.5. The molecule has 3 rings (SSSR count). The molecule has 1 amide bonds. The maximum absolute atomic E-state index is 12.2. The third-order valence-electron chi connectivity index (χ3n) is 3.56. The lowest BCUT2D eigenvalue weighted by atomic mass is 10.1. The second kappa shape index (κ2) is 6.39. The van der Waals surface area contributed by atoms with E-state index in [4.69, 9.17) is 0 Å². The Labute approximate surface area is 129 Å². The molecule has 5 heteroatoms. The van der Waals surface area contributed by atoms with Crippen LogP contribution in [0.1, 0.15) is 17.3 Å². The summed E-state index contributed by atoms with van der Waals surface area (Å²) in [6, 6.07) is 9.39. The van der Waals surface area contributed by atoms with E-state index in [9.17, 15) is 4.79 Å². The molecule has 0 bridgehead atoms. The van der Waals surface area contributed by atoms with E-state index in [0.717, 1.165) is 17.4 Å². The number of nitrogens with zero attached hydrogens (tertiary/aromatic N) is 3. The van der Waals surface area contributed by atoms with Gasteiger partial charge in [0.25, 0.3) is 5.91 Å². The molecule has 0 radical (unpaired) electrons. The summed E-state index contributed by atoms with van der Waals surface area (Å²) in [6.45, 7) is 3.56. The zero-order valence-electron chi connectivity index (χ0n) is 12.4. The average molecular weight is 294 g/mol. The number of nitrogens with one attached hydrogen (secondary N) is 1. The van der Waals surface area contributed by atoms with E-state index in [1.165, 1.54) is 0 Å². The van der Waals surface area contributed by atoms with Crippen molar-refractivity contribution in [2.45, 2.75) is 13.5 Å². The van der Waals surface area contributed by atoms with Crippen molar-refractivity contribution in [3.63, 3.8) is 0 Å². The average Bonchev–Trinajstić information content (AvgIpc) is 3.05. The van der Waals surface area contributed by atoms with Gasteiger partial charge in [-0.2, -0.15) is 0 Å². The molecule has 2 aromatic heterocycles. The highest BCUT2D eigenvalue weighted by atomic mass is 16.1. The van der Waals surface area contributed by atoms with Crippen molar-refractivity contribution >= 4 is 16.8 Å². The fourth-order valence-electron chi connectivity index (χ4n) is 2.41. The highest BCUT2D eigenvalue weighted by molar-refractivity contribution is 5.97. The number of benzene rings is 1. The monoisotopic (exact) mass is 294 g/mol. The predicted octanol–water partition coefficient (Wildman–Crippen LogP) is 2.50. The van der Waals surface area contributed by atoms with Crippen LogP contribution in [0.2, 0.25) is 0 Å². The molecule has 22 heavy (non-hydrogen) atoms. The van der Waals surface area contributed by atoms with Crippen LogP contribution < -0.4 is 5.32 Å². The number of pyridine rings is 1. The van der Waals surface area contributed by atoms with Crippen LogP contribution in [-0.2, 0) is 6.54 Å². The lowest BCUT2D eigenvalue weighted by Gasteiger charge is -2.13. The van der Waals surface area contributed by atoms with Crippen molar-refractivity contribution in [3.8, 4) is 0 Å². The topological polar surface area (TPSA) is 59.8 Å². The van der Waals surface area contributed by atoms with Gasteiger partial charge in [0.15, 0.2) is 0 Å². The summed E-state index contributed by atoms with van der Waals surface area (Å²) < 4.78 is 2.01. The van der Waals surface area contributed by atoms with E-state index in [1.807, 2.05) is 41.1 Å². The summed E-state index contributed by atoms with van der Waals surface area (Å²) in [6.07, 6.45) is 7.22. The fraction of sp³-hybridized carbons (Fsp3) is 0.235. The van der Waals surface area contributed by atoms with E-state index in [0.29, 0.717) is 18.0 Å². The summed E-state index contributed by atoms with van der Waals surface area (Å²) in [5.41, 5.74) is 1.56. The van der Waals surface area contributed by atoms with Crippen LogP contribution in [-0.4, -0.2) is 27.0 Å². The molecule has 5 nitrogen and oxygen atoms in total. The van der Waals surface area contributed by atoms with E-state index in [2.05, 4.69) is 22.2 Å². The molecule has 3 aromatic rings. The fourth-order valence-corrected chi connectivity index (χ4v) is 2.41. The molecule has 0 fully saturated rings. The molecule has 1 N–H and O–H groups in total. The molecule has 0 saturated carbocycles. The maximum Gasteiger partial charge on any atom is 0.251 e. The van der Waals surface area contributed by atoms with Crippen molar-refractivity contribution < 1.29 is 4.79 Å². The van der Waals surface area contributed by atoms with Gasteiger partial charge in [-0.3, -0.25) is 9.78 Å². The highest BCUT2D eigenvalue weighted by Gasteiger charge is 2.09. The maximum atomic E-state index is 12.2. The van der Waals surface area contributed by atoms with Gasteiger partial charge in [0, 0.05) is 42.6 Å². The number of amides is 1. The quantitative estimate of drug-likeness (QED) is 0.786. The first kappa shape index (κ1) is 14.3. The second-order valence-corrected chi connectivity index (χ2v) is 5.49. The smallest absolute Gasteiger partial charge is 0.251 e. The minimum atomic E-state index is -0.0526. The molecule has 0 spiro atoms. The number of imidazole rings is 1. The Balaban J connectivity index is 1.60. The molecule has 0 saturated heterocycles. The number of hydrogen-bond acceptors (Lipinski definition) is 3. The van der Waals surface area contributed by atoms with Crippen LogP contribution in [0.3, 0.4) is 0 Å². The standard InChI is InChI=1S/C17H18N4O/c1-13(11-21-8-7-18-12-21)10-20-17(22)15-4-5-16-14(9-15)3-2-6-19-16/h2-9,12-13H,10-11H2,1H3,(H,20,22). The van der Waals surface area contributed by atoms with Crippen molar-refractivity contribution in [1.82, 2.24) is 19.9 Å². The van der Waals surface area contributed by atoms with Crippen LogP contribution in [0.5, 0.6) is 0 Å². The van der Waals surface area contributed by atoms with Gasteiger partial charge in [0.05, 0.1) is 11.8 Å². The first-order valence-corrected chi connectivity index (χ1v) is 7.31. The third kappa shape index (κ3) is 3.31. The van der Waals surface area contributed by atoms with Crippen LogP contribution in [0.4, 0.5) is 0 Å². The van der Waals surface area contributed by atoms with E-state index in [1.54, 1.807) is 18.7 Å². The van der Waals surface area contributed by atoms with Gasteiger partial charge in [0.1, 0.15) is 0 Å². The number of hydrogen-bond donors (Lipinski definition) is 1. The van der Waals surface area contributed by atoms with Gasteiger partial charge in [0.2, 0.25) is 0 Å². The summed E-state index contributed by atoms with van der Waals surface area (Å²) in [5.74, 6) is 0.281. The molecule has 2 heterocycles. The molecule has 0 aliphatic rings. The van der Waals surface area contributed by atoms with Crippen molar-refractivity contribution in [2.24, 2.45) is 5.92 Å². The van der Waals surface area contributed by atoms with Crippen molar-refractivity contribution in [1.29, 1.82) is 0 Å². The first-order valence-electron chi connectivity index (χ1n) is 7.31. The van der Waals surface area contributed by atoms with Gasteiger partial charge in [-0.1, -0.05) is 13.0 Å². The van der Waals surface area contributed by atoms with Crippen LogP contribution >= 0.6 is 0 Å². The molecule has 112 valence electrons. The normalized spacial score (nSPS) is 12.2.